The van der Waals surface area contributed by atoms with Crippen LogP contribution in [0.5, 0.6) is 0 Å². The second kappa shape index (κ2) is 4.84. The van der Waals surface area contributed by atoms with Crippen LogP contribution in [0.15, 0.2) is 0 Å². The predicted octanol–water partition coefficient (Wildman–Crippen LogP) is 2.23. The summed E-state index contributed by atoms with van der Waals surface area (Å²) < 4.78 is 0. The molecule has 1 amide bonds. The molecular formula is C15H25NO2. The van der Waals surface area contributed by atoms with Crippen LogP contribution in [0.3, 0.4) is 0 Å². The summed E-state index contributed by atoms with van der Waals surface area (Å²) in [6.45, 7) is 0.112. The fraction of sp³-hybridized carbons (Fsp3) is 0.933. The largest absolute Gasteiger partial charge is 0.394 e. The predicted molar refractivity (Wildman–Crippen MR) is 70.0 cm³/mol. The molecule has 2 atom stereocenters. The first-order valence-electron chi connectivity index (χ1n) is 7.69. The van der Waals surface area contributed by atoms with E-state index in [0.29, 0.717) is 11.8 Å². The molecule has 3 aliphatic carbocycles. The topological polar surface area (TPSA) is 49.3 Å². The molecule has 0 spiro atoms. The highest BCUT2D eigenvalue weighted by atomic mass is 16.3. The molecule has 3 heteroatoms. The minimum atomic E-state index is -0.291. The molecule has 3 saturated carbocycles. The van der Waals surface area contributed by atoms with Gasteiger partial charge in [-0.1, -0.05) is 32.1 Å². The molecule has 0 aromatic carbocycles. The summed E-state index contributed by atoms with van der Waals surface area (Å²) in [5.74, 6) is 1.84. The number of hydrogen-bond acceptors (Lipinski definition) is 2. The second-order valence-electron chi connectivity index (χ2n) is 6.63. The smallest absolute Gasteiger partial charge is 0.224 e. The average molecular weight is 251 g/mol. The van der Waals surface area contributed by atoms with Gasteiger partial charge >= 0.3 is 0 Å². The van der Waals surface area contributed by atoms with E-state index in [1.165, 1.54) is 32.1 Å². The Morgan fingerprint density at radius 2 is 1.67 bits per heavy atom. The molecule has 2 unspecified atom stereocenters. The van der Waals surface area contributed by atoms with Gasteiger partial charge in [0.1, 0.15) is 0 Å². The molecule has 3 nitrogen and oxygen atoms in total. The molecule has 0 bridgehead atoms. The average Bonchev–Trinajstić information content (AvgIpc) is 3.14. The highest BCUT2D eigenvalue weighted by Crippen LogP contribution is 2.55. The van der Waals surface area contributed by atoms with E-state index in [0.717, 1.165) is 25.7 Å². The number of nitrogens with one attached hydrogen (secondary N) is 1. The van der Waals surface area contributed by atoms with Crippen LogP contribution in [-0.4, -0.2) is 23.2 Å². The molecule has 0 radical (unpaired) electrons. The van der Waals surface area contributed by atoms with Crippen molar-refractivity contribution >= 4 is 5.91 Å². The Bertz CT molecular complexity index is 310. The van der Waals surface area contributed by atoms with E-state index in [2.05, 4.69) is 5.32 Å². The number of rotatable bonds is 3. The van der Waals surface area contributed by atoms with Crippen LogP contribution in [0.4, 0.5) is 0 Å². The summed E-state index contributed by atoms with van der Waals surface area (Å²) in [5.41, 5.74) is -0.291. The lowest BCUT2D eigenvalue weighted by atomic mass is 9.82. The number of aliphatic hydroxyl groups is 1. The van der Waals surface area contributed by atoms with Gasteiger partial charge in [-0.2, -0.15) is 0 Å². The van der Waals surface area contributed by atoms with E-state index in [9.17, 15) is 9.90 Å². The van der Waals surface area contributed by atoms with Gasteiger partial charge in [0.25, 0.3) is 0 Å². The SMILES string of the molecule is O=C(NC1(CO)CCCCC1)C1C2CCCCC21. The van der Waals surface area contributed by atoms with Crippen molar-refractivity contribution in [3.63, 3.8) is 0 Å². The van der Waals surface area contributed by atoms with Crippen molar-refractivity contribution in [1.82, 2.24) is 5.32 Å². The molecule has 0 aromatic heterocycles. The summed E-state index contributed by atoms with van der Waals surface area (Å²) in [4.78, 5) is 12.4. The van der Waals surface area contributed by atoms with Crippen molar-refractivity contribution in [2.24, 2.45) is 17.8 Å². The van der Waals surface area contributed by atoms with Crippen LogP contribution in [0, 0.1) is 17.8 Å². The Morgan fingerprint density at radius 1 is 1.06 bits per heavy atom. The molecule has 0 aliphatic heterocycles. The molecule has 18 heavy (non-hydrogen) atoms. The molecule has 102 valence electrons. The number of carbonyl (C=O) groups is 1. The van der Waals surface area contributed by atoms with Crippen molar-refractivity contribution in [3.8, 4) is 0 Å². The molecule has 0 saturated heterocycles. The van der Waals surface area contributed by atoms with Gasteiger partial charge in [0.05, 0.1) is 12.1 Å². The van der Waals surface area contributed by atoms with E-state index in [4.69, 9.17) is 0 Å². The molecule has 3 rings (SSSR count). The molecular weight excluding hydrogens is 226 g/mol. The van der Waals surface area contributed by atoms with E-state index in [-0.39, 0.29) is 24.0 Å². The van der Waals surface area contributed by atoms with Crippen molar-refractivity contribution < 1.29 is 9.90 Å². The fourth-order valence-corrected chi connectivity index (χ4v) is 4.28. The fourth-order valence-electron chi connectivity index (χ4n) is 4.28. The summed E-state index contributed by atoms with van der Waals surface area (Å²) in [6.07, 6.45) is 10.5. The quantitative estimate of drug-likeness (QED) is 0.808. The minimum absolute atomic E-state index is 0.112. The molecule has 0 aromatic rings. The molecule has 3 aliphatic rings. The van der Waals surface area contributed by atoms with Crippen LogP contribution >= 0.6 is 0 Å². The van der Waals surface area contributed by atoms with Crippen molar-refractivity contribution in [1.29, 1.82) is 0 Å². The summed E-state index contributed by atoms with van der Waals surface area (Å²) in [7, 11) is 0. The number of aliphatic hydroxyl groups excluding tert-OH is 1. The highest BCUT2D eigenvalue weighted by Gasteiger charge is 2.55. The normalized spacial score (nSPS) is 37.7. The summed E-state index contributed by atoms with van der Waals surface area (Å²) in [6, 6.07) is 0. The van der Waals surface area contributed by atoms with Gasteiger partial charge in [-0.3, -0.25) is 4.79 Å². The first-order chi connectivity index (χ1) is 8.76. The first-order valence-corrected chi connectivity index (χ1v) is 7.69. The Kier molecular flexibility index (Phi) is 3.35. The van der Waals surface area contributed by atoms with Crippen molar-refractivity contribution in [2.75, 3.05) is 6.61 Å². The van der Waals surface area contributed by atoms with E-state index < -0.39 is 0 Å². The zero-order chi connectivity index (χ0) is 12.6. The maximum Gasteiger partial charge on any atom is 0.224 e. The van der Waals surface area contributed by atoms with Crippen LogP contribution in [0.1, 0.15) is 57.8 Å². The van der Waals surface area contributed by atoms with Gasteiger partial charge in [0.15, 0.2) is 0 Å². The first kappa shape index (κ1) is 12.5. The van der Waals surface area contributed by atoms with Gasteiger partial charge < -0.3 is 10.4 Å². The lowest BCUT2D eigenvalue weighted by molar-refractivity contribution is -0.126. The van der Waals surface area contributed by atoms with E-state index in [1.54, 1.807) is 0 Å². The van der Waals surface area contributed by atoms with Gasteiger partial charge in [0, 0.05) is 5.92 Å². The maximum absolute atomic E-state index is 12.4. The van der Waals surface area contributed by atoms with Crippen molar-refractivity contribution in [2.45, 2.75) is 63.3 Å². The van der Waals surface area contributed by atoms with Crippen LogP contribution in [-0.2, 0) is 4.79 Å². The molecule has 0 heterocycles. The Balaban J connectivity index is 1.60. The summed E-state index contributed by atoms with van der Waals surface area (Å²) in [5, 5.41) is 12.8. The number of amides is 1. The van der Waals surface area contributed by atoms with Gasteiger partial charge in [-0.15, -0.1) is 0 Å². The third kappa shape index (κ3) is 2.18. The zero-order valence-electron chi connectivity index (χ0n) is 11.2. The summed E-state index contributed by atoms with van der Waals surface area (Å²) >= 11 is 0. The van der Waals surface area contributed by atoms with Gasteiger partial charge in [-0.05, 0) is 37.5 Å². The van der Waals surface area contributed by atoms with E-state index >= 15 is 0 Å². The van der Waals surface area contributed by atoms with E-state index in [1.807, 2.05) is 0 Å². The van der Waals surface area contributed by atoms with Crippen LogP contribution in [0.25, 0.3) is 0 Å². The van der Waals surface area contributed by atoms with Crippen molar-refractivity contribution in [3.05, 3.63) is 0 Å². The third-order valence-electron chi connectivity index (χ3n) is 5.46. The van der Waals surface area contributed by atoms with Crippen LogP contribution < -0.4 is 5.32 Å². The monoisotopic (exact) mass is 251 g/mol. The maximum atomic E-state index is 12.4. The highest BCUT2D eigenvalue weighted by molar-refractivity contribution is 5.83. The third-order valence-corrected chi connectivity index (χ3v) is 5.46. The number of carbonyl (C=O) groups excluding carboxylic acids is 1. The lowest BCUT2D eigenvalue weighted by Crippen LogP contribution is -2.53. The zero-order valence-corrected chi connectivity index (χ0v) is 11.2. The number of hydrogen-bond donors (Lipinski definition) is 2. The molecule has 2 N–H and O–H groups in total. The Labute approximate surface area is 109 Å². The number of fused-ring (bicyclic) bond motifs is 1. The van der Waals surface area contributed by atoms with Crippen LogP contribution in [0.2, 0.25) is 0 Å². The second-order valence-corrected chi connectivity index (χ2v) is 6.63. The Hall–Kier alpha value is -0.570. The van der Waals surface area contributed by atoms with Gasteiger partial charge in [-0.25, -0.2) is 0 Å². The van der Waals surface area contributed by atoms with Gasteiger partial charge in [0.2, 0.25) is 5.91 Å². The Morgan fingerprint density at radius 3 is 2.22 bits per heavy atom. The molecule has 3 fully saturated rings. The minimum Gasteiger partial charge on any atom is -0.394 e. The standard InChI is InChI=1S/C15H25NO2/c17-10-15(8-4-1-5-9-15)16-14(18)13-11-6-2-3-7-12(11)13/h11-13,17H,1-10H2,(H,16,18). The lowest BCUT2D eigenvalue weighted by Gasteiger charge is -2.36.